The van der Waals surface area contributed by atoms with Crippen LogP contribution >= 0.6 is 0 Å². The summed E-state index contributed by atoms with van der Waals surface area (Å²) in [6.07, 6.45) is 2.03. The Labute approximate surface area is 172 Å². The second-order valence-electron chi connectivity index (χ2n) is 8.07. The van der Waals surface area contributed by atoms with E-state index >= 15 is 0 Å². The molecule has 29 heavy (non-hydrogen) atoms. The normalized spacial score (nSPS) is 12.8. The quantitative estimate of drug-likeness (QED) is 0.332. The molecule has 5 aromatic rings. The Balaban J connectivity index is 2.00. The molecule has 0 aliphatic heterocycles. The average Bonchev–Trinajstić information content (AvgIpc) is 3.06. The molecule has 0 radical (unpaired) electrons. The van der Waals surface area contributed by atoms with E-state index in [1.54, 1.807) is 0 Å². The van der Waals surface area contributed by atoms with Gasteiger partial charge in [-0.2, -0.15) is 0 Å². The molecule has 144 valence electrons. The summed E-state index contributed by atoms with van der Waals surface area (Å²) in [5, 5.41) is 4.52. The zero-order chi connectivity index (χ0) is 21.2. The van der Waals surface area contributed by atoms with Crippen LogP contribution in [0.4, 0.5) is 0 Å². The van der Waals surface area contributed by atoms with E-state index in [-0.39, 0.29) is 0 Å². The van der Waals surface area contributed by atoms with Gasteiger partial charge in [-0.1, -0.05) is 38.1 Å². The maximum atomic E-state index is 8.52. The number of pyridine rings is 2. The number of benzene rings is 2. The van der Waals surface area contributed by atoms with Gasteiger partial charge in [-0.25, -0.2) is 9.55 Å². The molecule has 0 saturated carbocycles. The molecule has 0 fully saturated rings. The lowest BCUT2D eigenvalue weighted by atomic mass is 9.92. The molecular weight excluding hydrogens is 356 g/mol. The Morgan fingerprint density at radius 3 is 2.52 bits per heavy atom. The molecule has 5 rings (SSSR count). The van der Waals surface area contributed by atoms with E-state index in [1.807, 2.05) is 46.1 Å². The highest BCUT2D eigenvalue weighted by Crippen LogP contribution is 2.42. The highest BCUT2D eigenvalue weighted by molar-refractivity contribution is 6.22. The Hall–Kier alpha value is -3.20. The van der Waals surface area contributed by atoms with Gasteiger partial charge in [0.15, 0.2) is 11.8 Å². The molecular formula is C26H25N2O+. The molecule has 2 aromatic carbocycles. The number of aryl methyl sites for hydroxylation is 3. The Bertz CT molecular complexity index is 1460. The minimum atomic E-state index is -0.681. The summed E-state index contributed by atoms with van der Waals surface area (Å²) in [4.78, 5) is 4.66. The predicted molar refractivity (Wildman–Crippen MR) is 119 cm³/mol. The van der Waals surface area contributed by atoms with Gasteiger partial charge in [0.25, 0.3) is 0 Å². The van der Waals surface area contributed by atoms with Gasteiger partial charge in [0.1, 0.15) is 7.05 Å². The van der Waals surface area contributed by atoms with Crippen molar-refractivity contribution in [3.05, 3.63) is 71.5 Å². The van der Waals surface area contributed by atoms with Gasteiger partial charge in [0.05, 0.1) is 5.56 Å². The smallest absolute Gasteiger partial charge is 0.227 e. The van der Waals surface area contributed by atoms with Crippen LogP contribution in [0.2, 0.25) is 0 Å². The number of aromatic nitrogens is 2. The molecule has 3 heterocycles. The van der Waals surface area contributed by atoms with Crippen molar-refractivity contribution >= 4 is 32.8 Å². The van der Waals surface area contributed by atoms with Crippen molar-refractivity contribution in [2.24, 2.45) is 7.05 Å². The van der Waals surface area contributed by atoms with Gasteiger partial charge >= 0.3 is 0 Å². The van der Waals surface area contributed by atoms with Gasteiger partial charge in [-0.15, -0.1) is 0 Å². The third-order valence-electron chi connectivity index (χ3n) is 5.88. The van der Waals surface area contributed by atoms with Crippen LogP contribution in [0.25, 0.3) is 44.1 Å². The van der Waals surface area contributed by atoms with Gasteiger partial charge in [-0.05, 0) is 53.8 Å². The van der Waals surface area contributed by atoms with E-state index in [4.69, 9.17) is 5.79 Å². The maximum absolute atomic E-state index is 8.52. The van der Waals surface area contributed by atoms with Crippen molar-refractivity contribution in [3.63, 3.8) is 0 Å². The van der Waals surface area contributed by atoms with Crippen LogP contribution in [-0.2, 0) is 7.05 Å². The fourth-order valence-corrected chi connectivity index (χ4v) is 4.29. The van der Waals surface area contributed by atoms with E-state index in [2.05, 4.69) is 52.9 Å². The predicted octanol–water partition coefficient (Wildman–Crippen LogP) is 6.37. The molecule has 0 bridgehead atoms. The minimum Gasteiger partial charge on any atom is -0.437 e. The molecule has 3 nitrogen and oxygen atoms in total. The van der Waals surface area contributed by atoms with Crippen LogP contribution < -0.4 is 4.57 Å². The lowest BCUT2D eigenvalue weighted by Gasteiger charge is -2.12. The van der Waals surface area contributed by atoms with Crippen molar-refractivity contribution in [2.45, 2.75) is 33.6 Å². The first kappa shape index (κ1) is 16.7. The largest absolute Gasteiger partial charge is 0.437 e. The van der Waals surface area contributed by atoms with Crippen LogP contribution in [-0.4, -0.2) is 4.98 Å². The molecule has 0 saturated heterocycles. The van der Waals surface area contributed by atoms with Crippen molar-refractivity contribution in [1.29, 1.82) is 0 Å². The SMILES string of the molecule is [2H]C(C)(C)c1cc[n+](C)c(-c2c(C)c3ccccc3c3c2oc2nc(C)ccc23)c1. The number of fused-ring (bicyclic) bond motifs is 5. The first-order valence-electron chi connectivity index (χ1n) is 10.5. The van der Waals surface area contributed by atoms with Gasteiger partial charge in [0, 0.05) is 30.0 Å². The van der Waals surface area contributed by atoms with Crippen molar-refractivity contribution in [2.75, 3.05) is 0 Å². The highest BCUT2D eigenvalue weighted by atomic mass is 16.3. The molecule has 0 aliphatic rings. The Morgan fingerprint density at radius 2 is 1.76 bits per heavy atom. The lowest BCUT2D eigenvalue weighted by Crippen LogP contribution is -2.31. The monoisotopic (exact) mass is 382 g/mol. The van der Waals surface area contributed by atoms with Crippen molar-refractivity contribution < 1.29 is 10.4 Å². The zero-order valence-electron chi connectivity index (χ0n) is 18.5. The number of rotatable bonds is 2. The number of nitrogens with zero attached hydrogens (tertiary/aromatic N) is 2. The van der Waals surface area contributed by atoms with Gasteiger partial charge in [0.2, 0.25) is 11.4 Å². The van der Waals surface area contributed by atoms with E-state index in [0.29, 0.717) is 5.71 Å². The fraction of sp³-hybridized carbons (Fsp3) is 0.231. The third-order valence-corrected chi connectivity index (χ3v) is 5.88. The molecule has 0 atom stereocenters. The number of furan rings is 1. The highest BCUT2D eigenvalue weighted by Gasteiger charge is 2.24. The molecule has 0 spiro atoms. The second kappa shape index (κ2) is 6.41. The molecule has 0 aliphatic carbocycles. The molecule has 0 amide bonds. The van der Waals surface area contributed by atoms with Crippen LogP contribution in [0.15, 0.2) is 59.1 Å². The van der Waals surface area contributed by atoms with Crippen LogP contribution in [0.1, 0.15) is 37.9 Å². The molecule has 0 unspecified atom stereocenters. The number of hydrogen-bond donors (Lipinski definition) is 0. The van der Waals surface area contributed by atoms with Gasteiger partial charge < -0.3 is 4.42 Å². The minimum absolute atomic E-state index is 0.668. The van der Waals surface area contributed by atoms with Crippen molar-refractivity contribution in [3.8, 4) is 11.3 Å². The molecule has 3 aromatic heterocycles. The Morgan fingerprint density at radius 1 is 1.00 bits per heavy atom. The first-order chi connectivity index (χ1) is 14.3. The van der Waals surface area contributed by atoms with Crippen LogP contribution in [0.5, 0.6) is 0 Å². The Kier molecular flexibility index (Phi) is 3.70. The fourth-order valence-electron chi connectivity index (χ4n) is 4.29. The maximum Gasteiger partial charge on any atom is 0.227 e. The first-order valence-corrected chi connectivity index (χ1v) is 9.97. The van der Waals surface area contributed by atoms with E-state index in [1.165, 1.54) is 16.3 Å². The summed E-state index contributed by atoms with van der Waals surface area (Å²) in [6.45, 7) is 7.98. The summed E-state index contributed by atoms with van der Waals surface area (Å²) < 4.78 is 17.0. The van der Waals surface area contributed by atoms with Crippen LogP contribution in [0, 0.1) is 13.8 Å². The van der Waals surface area contributed by atoms with Crippen LogP contribution in [0.3, 0.4) is 0 Å². The zero-order valence-corrected chi connectivity index (χ0v) is 17.5. The standard InChI is InChI=1S/C26H25N2O/c1-15(2)18-12-13-28(5)22(14-18)23-17(4)19-8-6-7-9-20(19)24-21-11-10-16(3)27-26(21)29-25(23)24/h6-15H,1-5H3/q+1/i15D. The van der Waals surface area contributed by atoms with Gasteiger partial charge in [-0.3, -0.25) is 0 Å². The lowest BCUT2D eigenvalue weighted by molar-refractivity contribution is -0.660. The van der Waals surface area contributed by atoms with Crippen molar-refractivity contribution in [1.82, 2.24) is 4.98 Å². The summed E-state index contributed by atoms with van der Waals surface area (Å²) in [5.41, 5.74) is 6.71. The molecule has 3 heteroatoms. The second-order valence-corrected chi connectivity index (χ2v) is 8.07. The molecule has 0 N–H and O–H groups in total. The van der Waals surface area contributed by atoms with E-state index < -0.39 is 5.89 Å². The van der Waals surface area contributed by atoms with E-state index in [9.17, 15) is 0 Å². The topological polar surface area (TPSA) is 29.9 Å². The van der Waals surface area contributed by atoms with E-state index in [0.717, 1.165) is 38.9 Å². The summed E-state index contributed by atoms with van der Waals surface area (Å²) in [7, 11) is 2.04. The summed E-state index contributed by atoms with van der Waals surface area (Å²) >= 11 is 0. The third kappa shape index (κ3) is 2.65. The summed E-state index contributed by atoms with van der Waals surface area (Å²) in [5.74, 6) is -0.681. The average molecular weight is 383 g/mol. The number of hydrogen-bond acceptors (Lipinski definition) is 2. The summed E-state index contributed by atoms with van der Waals surface area (Å²) in [6, 6.07) is 16.8.